The first-order valence-electron chi connectivity index (χ1n) is 8.63. The Morgan fingerprint density at radius 1 is 1.16 bits per heavy atom. The molecule has 25 heavy (non-hydrogen) atoms. The van der Waals surface area contributed by atoms with Gasteiger partial charge in [-0.3, -0.25) is 4.79 Å². The molecule has 5 heteroatoms. The number of rotatable bonds is 2. The molecule has 2 aromatic heterocycles. The van der Waals surface area contributed by atoms with Crippen molar-refractivity contribution in [1.82, 2.24) is 14.3 Å². The molecule has 1 aliphatic rings. The Kier molecular flexibility index (Phi) is 4.01. The van der Waals surface area contributed by atoms with Gasteiger partial charge in [-0.15, -0.1) is 0 Å². The molecule has 0 N–H and O–H groups in total. The van der Waals surface area contributed by atoms with Crippen LogP contribution in [-0.4, -0.2) is 46.9 Å². The maximum Gasteiger partial charge on any atom is 0.279 e. The Morgan fingerprint density at radius 2 is 1.96 bits per heavy atom. The summed E-state index contributed by atoms with van der Waals surface area (Å²) in [5, 5.41) is 0. The molecule has 0 saturated heterocycles. The van der Waals surface area contributed by atoms with Crippen molar-refractivity contribution in [2.45, 2.75) is 18.9 Å². The highest BCUT2D eigenvalue weighted by atomic mass is 16.2. The molecular weight excluding hydrogens is 312 g/mol. The van der Waals surface area contributed by atoms with Crippen LogP contribution in [-0.2, 0) is 6.42 Å². The van der Waals surface area contributed by atoms with Crippen LogP contribution in [0.1, 0.15) is 22.5 Å². The molecule has 4 rings (SSSR count). The SMILES string of the molecule is CN(C)C1CCc2ccccc2N(C(=O)c2ncn3ccccc23)C1. The third-order valence-electron chi connectivity index (χ3n) is 5.04. The summed E-state index contributed by atoms with van der Waals surface area (Å²) < 4.78 is 1.89. The van der Waals surface area contributed by atoms with Gasteiger partial charge in [0, 0.05) is 24.5 Å². The normalized spacial score (nSPS) is 17.6. The lowest BCUT2D eigenvalue weighted by Gasteiger charge is -2.29. The van der Waals surface area contributed by atoms with Crippen LogP contribution >= 0.6 is 0 Å². The summed E-state index contributed by atoms with van der Waals surface area (Å²) in [5.74, 6) is -0.0325. The molecule has 1 aliphatic heterocycles. The van der Waals surface area contributed by atoms with E-state index < -0.39 is 0 Å². The second-order valence-electron chi connectivity index (χ2n) is 6.79. The van der Waals surface area contributed by atoms with Crippen molar-refractivity contribution in [3.05, 3.63) is 66.2 Å². The van der Waals surface area contributed by atoms with Gasteiger partial charge in [-0.1, -0.05) is 24.3 Å². The number of benzene rings is 1. The van der Waals surface area contributed by atoms with Crippen LogP contribution in [0.3, 0.4) is 0 Å². The number of para-hydroxylation sites is 1. The molecule has 128 valence electrons. The van der Waals surface area contributed by atoms with Crippen LogP contribution in [0.4, 0.5) is 5.69 Å². The van der Waals surface area contributed by atoms with Crippen molar-refractivity contribution in [3.63, 3.8) is 0 Å². The van der Waals surface area contributed by atoms with Gasteiger partial charge < -0.3 is 14.2 Å². The van der Waals surface area contributed by atoms with Crippen molar-refractivity contribution in [3.8, 4) is 0 Å². The highest BCUT2D eigenvalue weighted by molar-refractivity contribution is 6.09. The van der Waals surface area contributed by atoms with Gasteiger partial charge in [0.05, 0.1) is 5.52 Å². The summed E-state index contributed by atoms with van der Waals surface area (Å²) >= 11 is 0. The average molecular weight is 334 g/mol. The van der Waals surface area contributed by atoms with Crippen LogP contribution in [0.2, 0.25) is 0 Å². The number of imidazole rings is 1. The quantitative estimate of drug-likeness (QED) is 0.724. The summed E-state index contributed by atoms with van der Waals surface area (Å²) in [7, 11) is 4.16. The molecule has 1 atom stereocenters. The van der Waals surface area contributed by atoms with E-state index >= 15 is 0 Å². The first kappa shape index (κ1) is 15.8. The number of fused-ring (bicyclic) bond motifs is 2. The smallest absolute Gasteiger partial charge is 0.279 e. The Balaban J connectivity index is 1.79. The fourth-order valence-electron chi connectivity index (χ4n) is 3.56. The van der Waals surface area contributed by atoms with Gasteiger partial charge in [-0.25, -0.2) is 4.98 Å². The topological polar surface area (TPSA) is 40.8 Å². The van der Waals surface area contributed by atoms with E-state index in [4.69, 9.17) is 0 Å². The van der Waals surface area contributed by atoms with Crippen molar-refractivity contribution in [1.29, 1.82) is 0 Å². The predicted molar refractivity (Wildman–Crippen MR) is 99.1 cm³/mol. The summed E-state index contributed by atoms with van der Waals surface area (Å²) in [6.45, 7) is 0.675. The Morgan fingerprint density at radius 3 is 2.80 bits per heavy atom. The van der Waals surface area contributed by atoms with Crippen molar-refractivity contribution >= 4 is 17.1 Å². The lowest BCUT2D eigenvalue weighted by Crippen LogP contribution is -2.42. The third kappa shape index (κ3) is 2.81. The van der Waals surface area contributed by atoms with Gasteiger partial charge in [-0.05, 0) is 50.7 Å². The van der Waals surface area contributed by atoms with E-state index in [1.54, 1.807) is 6.33 Å². The van der Waals surface area contributed by atoms with E-state index in [0.29, 0.717) is 18.3 Å². The lowest BCUT2D eigenvalue weighted by molar-refractivity contribution is 0.0977. The molecule has 0 radical (unpaired) electrons. The van der Waals surface area contributed by atoms with Crippen LogP contribution in [0.5, 0.6) is 0 Å². The minimum Gasteiger partial charge on any atom is -0.305 e. The largest absolute Gasteiger partial charge is 0.305 e. The number of aryl methyl sites for hydroxylation is 1. The zero-order valence-electron chi connectivity index (χ0n) is 14.6. The second kappa shape index (κ2) is 6.33. The van der Waals surface area contributed by atoms with Crippen LogP contribution in [0.25, 0.3) is 5.52 Å². The van der Waals surface area contributed by atoms with Gasteiger partial charge in [0.15, 0.2) is 5.69 Å². The summed E-state index contributed by atoms with van der Waals surface area (Å²) in [5.41, 5.74) is 3.59. The van der Waals surface area contributed by atoms with E-state index in [-0.39, 0.29) is 5.91 Å². The van der Waals surface area contributed by atoms with E-state index in [0.717, 1.165) is 24.0 Å². The molecule has 0 saturated carbocycles. The standard InChI is InChI=1S/C20H22N4O/c1-22(2)16-11-10-15-7-3-4-8-17(15)24(13-16)20(25)19-18-9-5-6-12-23(18)14-21-19/h3-9,12,14,16H,10-11,13H2,1-2H3. The summed E-state index contributed by atoms with van der Waals surface area (Å²) in [6, 6.07) is 14.4. The maximum absolute atomic E-state index is 13.4. The highest BCUT2D eigenvalue weighted by Gasteiger charge is 2.29. The molecule has 3 heterocycles. The van der Waals surface area contributed by atoms with Gasteiger partial charge in [0.2, 0.25) is 0 Å². The van der Waals surface area contributed by atoms with E-state index in [1.807, 2.05) is 51.9 Å². The summed E-state index contributed by atoms with van der Waals surface area (Å²) in [4.78, 5) is 21.9. The Labute approximate surface area is 147 Å². The van der Waals surface area contributed by atoms with E-state index in [1.165, 1.54) is 5.56 Å². The zero-order chi connectivity index (χ0) is 17.4. The molecule has 0 fully saturated rings. The molecule has 1 amide bonds. The van der Waals surface area contributed by atoms with Crippen LogP contribution in [0.15, 0.2) is 55.0 Å². The van der Waals surface area contributed by atoms with Gasteiger partial charge in [-0.2, -0.15) is 0 Å². The predicted octanol–water partition coefficient (Wildman–Crippen LogP) is 2.86. The molecule has 1 aromatic carbocycles. The Bertz CT molecular complexity index is 915. The molecular formula is C20H22N4O. The number of pyridine rings is 1. The third-order valence-corrected chi connectivity index (χ3v) is 5.04. The van der Waals surface area contributed by atoms with Crippen molar-refractivity contribution in [2.75, 3.05) is 25.5 Å². The number of amides is 1. The molecule has 5 nitrogen and oxygen atoms in total. The van der Waals surface area contributed by atoms with Crippen molar-refractivity contribution in [2.24, 2.45) is 0 Å². The van der Waals surface area contributed by atoms with Crippen molar-refractivity contribution < 1.29 is 4.79 Å². The number of hydrogen-bond donors (Lipinski definition) is 0. The molecule has 0 bridgehead atoms. The zero-order valence-corrected chi connectivity index (χ0v) is 14.6. The number of nitrogens with zero attached hydrogens (tertiary/aromatic N) is 4. The minimum absolute atomic E-state index is 0.0325. The first-order valence-corrected chi connectivity index (χ1v) is 8.63. The van der Waals surface area contributed by atoms with Crippen LogP contribution in [0, 0.1) is 0 Å². The van der Waals surface area contributed by atoms with Gasteiger partial charge in [0.25, 0.3) is 5.91 Å². The van der Waals surface area contributed by atoms with E-state index in [9.17, 15) is 4.79 Å². The average Bonchev–Trinajstić information content (AvgIpc) is 2.95. The number of carbonyl (C=O) groups excluding carboxylic acids is 1. The first-order chi connectivity index (χ1) is 12.1. The molecule has 3 aromatic rings. The second-order valence-corrected chi connectivity index (χ2v) is 6.79. The molecule has 1 unspecified atom stereocenters. The monoisotopic (exact) mass is 334 g/mol. The number of carbonyl (C=O) groups is 1. The van der Waals surface area contributed by atoms with E-state index in [2.05, 4.69) is 30.0 Å². The fraction of sp³-hybridized carbons (Fsp3) is 0.300. The molecule has 0 aliphatic carbocycles. The number of hydrogen-bond acceptors (Lipinski definition) is 3. The van der Waals surface area contributed by atoms with Gasteiger partial charge >= 0.3 is 0 Å². The Hall–Kier alpha value is -2.66. The summed E-state index contributed by atoms with van der Waals surface area (Å²) in [6.07, 6.45) is 5.64. The minimum atomic E-state index is -0.0325. The number of anilines is 1. The molecule has 0 spiro atoms. The van der Waals surface area contributed by atoms with Gasteiger partial charge in [0.1, 0.15) is 6.33 Å². The number of likely N-dealkylation sites (N-methyl/N-ethyl adjacent to an activating group) is 1. The lowest BCUT2D eigenvalue weighted by atomic mass is 10.1. The number of aromatic nitrogens is 2. The fourth-order valence-corrected chi connectivity index (χ4v) is 3.56. The van der Waals surface area contributed by atoms with Crippen LogP contribution < -0.4 is 4.90 Å². The maximum atomic E-state index is 13.4. The highest BCUT2D eigenvalue weighted by Crippen LogP contribution is 2.29.